The quantitative estimate of drug-likeness (QED) is 0.654. The molecule has 72 valence electrons. The molecule has 0 heterocycles. The van der Waals surface area contributed by atoms with Crippen molar-refractivity contribution in [1.82, 2.24) is 5.32 Å². The summed E-state index contributed by atoms with van der Waals surface area (Å²) in [4.78, 5) is 10.1. The van der Waals surface area contributed by atoms with Gasteiger partial charge in [0.15, 0.2) is 0 Å². The summed E-state index contributed by atoms with van der Waals surface area (Å²) in [6.07, 6.45) is 9.69. The highest BCUT2D eigenvalue weighted by molar-refractivity contribution is 5.64. The van der Waals surface area contributed by atoms with Crippen molar-refractivity contribution in [3.63, 3.8) is 0 Å². The molecule has 0 aromatic carbocycles. The van der Waals surface area contributed by atoms with Crippen molar-refractivity contribution in [1.29, 1.82) is 0 Å². The van der Waals surface area contributed by atoms with Crippen LogP contribution in [0.2, 0.25) is 0 Å². The molecule has 0 bridgehead atoms. The first-order chi connectivity index (χ1) is 6.29. The Morgan fingerprint density at radius 1 is 1.54 bits per heavy atom. The van der Waals surface area contributed by atoms with E-state index >= 15 is 0 Å². The Morgan fingerprint density at radius 3 is 3.00 bits per heavy atom. The van der Waals surface area contributed by atoms with E-state index in [2.05, 4.69) is 23.5 Å². The molecule has 0 aliphatic heterocycles. The van der Waals surface area contributed by atoms with Gasteiger partial charge >= 0.3 is 6.09 Å². The van der Waals surface area contributed by atoms with Crippen molar-refractivity contribution in [3.8, 4) is 0 Å². The molecule has 0 saturated carbocycles. The summed E-state index contributed by atoms with van der Waals surface area (Å²) in [6, 6.07) is 0. The molecule has 0 aromatic rings. The Labute approximate surface area is 78.1 Å². The third-order valence-electron chi connectivity index (χ3n) is 1.99. The molecule has 1 aliphatic rings. The van der Waals surface area contributed by atoms with E-state index in [1.165, 1.54) is 5.57 Å². The number of carboxylic acid groups (broad SMARTS) is 1. The second kappa shape index (κ2) is 5.41. The number of carbonyl (C=O) groups is 1. The van der Waals surface area contributed by atoms with Gasteiger partial charge in [-0.15, -0.1) is 0 Å². The molecule has 1 rings (SSSR count). The van der Waals surface area contributed by atoms with Crippen molar-refractivity contribution in [2.75, 3.05) is 6.54 Å². The number of hydrogen-bond donors (Lipinski definition) is 2. The predicted octanol–water partition coefficient (Wildman–Crippen LogP) is 2.31. The Balaban J connectivity index is 2.08. The third kappa shape index (κ3) is 4.35. The molecule has 0 spiro atoms. The standard InChI is InChI=1S/C10H15NO2/c12-10(13)11-8-4-7-9-5-2-1-3-6-9/h2,5-6,11H,1,3-4,7-8H2,(H,12,13). The van der Waals surface area contributed by atoms with Crippen LogP contribution in [-0.4, -0.2) is 17.7 Å². The van der Waals surface area contributed by atoms with Crippen LogP contribution in [0.15, 0.2) is 23.8 Å². The van der Waals surface area contributed by atoms with Gasteiger partial charge in [0.25, 0.3) is 0 Å². The average molecular weight is 181 g/mol. The zero-order chi connectivity index (χ0) is 9.52. The van der Waals surface area contributed by atoms with Crippen LogP contribution in [0.5, 0.6) is 0 Å². The lowest BCUT2D eigenvalue weighted by atomic mass is 10.0. The predicted molar refractivity (Wildman–Crippen MR) is 51.7 cm³/mol. The fraction of sp³-hybridized carbons (Fsp3) is 0.500. The van der Waals surface area contributed by atoms with Crippen LogP contribution in [0.1, 0.15) is 25.7 Å². The summed E-state index contributed by atoms with van der Waals surface area (Å²) >= 11 is 0. The van der Waals surface area contributed by atoms with Crippen molar-refractivity contribution in [2.24, 2.45) is 0 Å². The number of nitrogens with one attached hydrogen (secondary N) is 1. The van der Waals surface area contributed by atoms with E-state index in [-0.39, 0.29) is 0 Å². The minimum absolute atomic E-state index is 0.542. The van der Waals surface area contributed by atoms with E-state index < -0.39 is 6.09 Å². The lowest BCUT2D eigenvalue weighted by molar-refractivity contribution is 0.194. The SMILES string of the molecule is O=C(O)NCCCC1=CCCC=C1. The van der Waals surface area contributed by atoms with Crippen LogP contribution in [0.3, 0.4) is 0 Å². The fourth-order valence-electron chi connectivity index (χ4n) is 1.34. The van der Waals surface area contributed by atoms with Crippen LogP contribution in [-0.2, 0) is 0 Å². The second-order valence-electron chi connectivity index (χ2n) is 3.09. The van der Waals surface area contributed by atoms with Crippen molar-refractivity contribution in [2.45, 2.75) is 25.7 Å². The lowest BCUT2D eigenvalue weighted by Gasteiger charge is -2.06. The Bertz CT molecular complexity index is 231. The van der Waals surface area contributed by atoms with Gasteiger partial charge in [0.2, 0.25) is 0 Å². The molecule has 2 N–H and O–H groups in total. The van der Waals surface area contributed by atoms with Gasteiger partial charge in [-0.1, -0.05) is 23.8 Å². The summed E-state index contributed by atoms with van der Waals surface area (Å²) in [5.41, 5.74) is 1.33. The van der Waals surface area contributed by atoms with Crippen LogP contribution >= 0.6 is 0 Å². The highest BCUT2D eigenvalue weighted by atomic mass is 16.4. The van der Waals surface area contributed by atoms with Crippen LogP contribution in [0, 0.1) is 0 Å². The molecule has 0 fully saturated rings. The zero-order valence-corrected chi connectivity index (χ0v) is 7.62. The average Bonchev–Trinajstić information content (AvgIpc) is 2.14. The molecule has 13 heavy (non-hydrogen) atoms. The van der Waals surface area contributed by atoms with E-state index in [0.717, 1.165) is 25.7 Å². The summed E-state index contributed by atoms with van der Waals surface area (Å²) in [6.45, 7) is 0.542. The van der Waals surface area contributed by atoms with E-state index in [1.54, 1.807) is 0 Å². The van der Waals surface area contributed by atoms with E-state index in [1.807, 2.05) is 0 Å². The van der Waals surface area contributed by atoms with Gasteiger partial charge in [0, 0.05) is 6.54 Å². The molecule has 0 saturated heterocycles. The van der Waals surface area contributed by atoms with Crippen molar-refractivity contribution >= 4 is 6.09 Å². The smallest absolute Gasteiger partial charge is 0.404 e. The first-order valence-electron chi connectivity index (χ1n) is 4.61. The molecule has 3 heteroatoms. The molecular formula is C10H15NO2. The van der Waals surface area contributed by atoms with Gasteiger partial charge in [-0.2, -0.15) is 0 Å². The van der Waals surface area contributed by atoms with E-state index in [4.69, 9.17) is 5.11 Å². The second-order valence-corrected chi connectivity index (χ2v) is 3.09. The maximum absolute atomic E-state index is 10.1. The normalized spacial score (nSPS) is 15.2. The molecule has 3 nitrogen and oxygen atoms in total. The highest BCUT2D eigenvalue weighted by Gasteiger charge is 1.98. The molecule has 0 atom stereocenters. The van der Waals surface area contributed by atoms with E-state index in [9.17, 15) is 4.79 Å². The van der Waals surface area contributed by atoms with Gasteiger partial charge in [-0.3, -0.25) is 0 Å². The van der Waals surface area contributed by atoms with Crippen LogP contribution in [0.25, 0.3) is 0 Å². The molecular weight excluding hydrogens is 166 g/mol. The summed E-state index contributed by atoms with van der Waals surface area (Å²) in [5.74, 6) is 0. The Hall–Kier alpha value is -1.25. The maximum Gasteiger partial charge on any atom is 0.404 e. The fourth-order valence-corrected chi connectivity index (χ4v) is 1.34. The number of allylic oxidation sites excluding steroid dienone is 4. The molecule has 0 radical (unpaired) electrons. The van der Waals surface area contributed by atoms with Gasteiger partial charge in [-0.25, -0.2) is 4.79 Å². The van der Waals surface area contributed by atoms with Crippen LogP contribution < -0.4 is 5.32 Å². The third-order valence-corrected chi connectivity index (χ3v) is 1.99. The zero-order valence-electron chi connectivity index (χ0n) is 7.62. The maximum atomic E-state index is 10.1. The Kier molecular flexibility index (Phi) is 4.09. The van der Waals surface area contributed by atoms with Gasteiger partial charge < -0.3 is 10.4 Å². The molecule has 1 aliphatic carbocycles. The first kappa shape index (κ1) is 9.84. The monoisotopic (exact) mass is 181 g/mol. The summed E-state index contributed by atoms with van der Waals surface area (Å²) in [7, 11) is 0. The van der Waals surface area contributed by atoms with E-state index in [0.29, 0.717) is 6.54 Å². The van der Waals surface area contributed by atoms with Crippen molar-refractivity contribution in [3.05, 3.63) is 23.8 Å². The van der Waals surface area contributed by atoms with Crippen LogP contribution in [0.4, 0.5) is 4.79 Å². The number of hydrogen-bond acceptors (Lipinski definition) is 1. The van der Waals surface area contributed by atoms with Gasteiger partial charge in [0.1, 0.15) is 0 Å². The topological polar surface area (TPSA) is 49.3 Å². The first-order valence-corrected chi connectivity index (χ1v) is 4.61. The van der Waals surface area contributed by atoms with Gasteiger partial charge in [-0.05, 0) is 25.7 Å². The largest absolute Gasteiger partial charge is 0.465 e. The summed E-state index contributed by atoms with van der Waals surface area (Å²) in [5, 5.41) is 10.7. The minimum Gasteiger partial charge on any atom is -0.465 e. The molecule has 0 unspecified atom stereocenters. The Morgan fingerprint density at radius 2 is 2.38 bits per heavy atom. The number of amides is 1. The number of rotatable bonds is 4. The molecule has 0 aromatic heterocycles. The van der Waals surface area contributed by atoms with Crippen molar-refractivity contribution < 1.29 is 9.90 Å². The molecule has 1 amide bonds. The summed E-state index contributed by atoms with van der Waals surface area (Å²) < 4.78 is 0. The lowest BCUT2D eigenvalue weighted by Crippen LogP contribution is -2.21. The minimum atomic E-state index is -0.937. The highest BCUT2D eigenvalue weighted by Crippen LogP contribution is 2.13. The van der Waals surface area contributed by atoms with Gasteiger partial charge in [0.05, 0.1) is 0 Å².